The minimum Gasteiger partial charge on any atom is -0.326 e. The topological polar surface area (TPSA) is 63.8 Å². The number of aromatic nitrogens is 2. The van der Waals surface area contributed by atoms with Gasteiger partial charge in [-0.2, -0.15) is 0 Å². The van der Waals surface area contributed by atoms with Gasteiger partial charge in [-0.1, -0.05) is 29.8 Å². The maximum atomic E-state index is 11.7. The fraction of sp³-hybridized carbons (Fsp3) is 0.182. The van der Waals surface area contributed by atoms with Crippen LogP contribution in [0, 0.1) is 0 Å². The highest BCUT2D eigenvalue weighted by Gasteiger charge is 2.06. The fourth-order valence-electron chi connectivity index (χ4n) is 1.51. The van der Waals surface area contributed by atoms with E-state index >= 15 is 0 Å². The summed E-state index contributed by atoms with van der Waals surface area (Å²) in [6, 6.07) is 7.43. The zero-order chi connectivity index (χ0) is 11.5. The Kier molecular flexibility index (Phi) is 3.12. The van der Waals surface area contributed by atoms with E-state index in [2.05, 4.69) is 5.10 Å². The van der Waals surface area contributed by atoms with E-state index in [-0.39, 0.29) is 12.1 Å². The molecule has 5 heteroatoms. The molecule has 0 radical (unpaired) electrons. The monoisotopic (exact) mass is 237 g/mol. The third-order valence-electron chi connectivity index (χ3n) is 2.42. The summed E-state index contributed by atoms with van der Waals surface area (Å²) >= 11 is 6.01. The Morgan fingerprint density at radius 1 is 1.31 bits per heavy atom. The number of nitrogens with zero attached hydrogens (tertiary/aromatic N) is 1. The molecule has 0 unspecified atom stereocenters. The highest BCUT2D eigenvalue weighted by molar-refractivity contribution is 6.31. The van der Waals surface area contributed by atoms with Crippen molar-refractivity contribution in [3.05, 3.63) is 57.0 Å². The molecule has 0 aliphatic heterocycles. The van der Waals surface area contributed by atoms with E-state index in [0.717, 1.165) is 5.56 Å². The van der Waals surface area contributed by atoms with Crippen LogP contribution >= 0.6 is 11.6 Å². The predicted molar refractivity (Wildman–Crippen MR) is 63.5 cm³/mol. The molecule has 1 aromatic heterocycles. The average Bonchev–Trinajstić information content (AvgIpc) is 2.63. The minimum atomic E-state index is -0.0950. The smallest absolute Gasteiger partial charge is 0.271 e. The largest absolute Gasteiger partial charge is 0.326 e. The van der Waals surface area contributed by atoms with Crippen molar-refractivity contribution < 1.29 is 0 Å². The van der Waals surface area contributed by atoms with E-state index < -0.39 is 0 Å². The van der Waals surface area contributed by atoms with Crippen molar-refractivity contribution in [2.75, 3.05) is 0 Å². The first kappa shape index (κ1) is 11.0. The molecule has 0 aliphatic rings. The van der Waals surface area contributed by atoms with Gasteiger partial charge >= 0.3 is 0 Å². The summed E-state index contributed by atoms with van der Waals surface area (Å²) in [4.78, 5) is 11.7. The summed E-state index contributed by atoms with van der Waals surface area (Å²) in [5, 5.41) is 3.52. The van der Waals surface area contributed by atoms with Crippen LogP contribution in [0.15, 0.2) is 35.3 Å². The molecular formula is C11H12ClN3O. The summed E-state index contributed by atoms with van der Waals surface area (Å²) in [5.74, 6) is 0. The Morgan fingerprint density at radius 3 is 2.69 bits per heavy atom. The molecule has 1 heterocycles. The van der Waals surface area contributed by atoms with Gasteiger partial charge in [-0.15, -0.1) is 0 Å². The number of H-pyrrole nitrogens is 1. The summed E-state index contributed by atoms with van der Waals surface area (Å²) in [7, 11) is 0. The Hall–Kier alpha value is -1.52. The van der Waals surface area contributed by atoms with Crippen LogP contribution in [0.2, 0.25) is 5.02 Å². The molecule has 0 saturated heterocycles. The van der Waals surface area contributed by atoms with Crippen LogP contribution in [0.25, 0.3) is 0 Å². The average molecular weight is 238 g/mol. The number of halogens is 1. The van der Waals surface area contributed by atoms with E-state index in [1.807, 2.05) is 18.2 Å². The highest BCUT2D eigenvalue weighted by Crippen LogP contribution is 2.15. The van der Waals surface area contributed by atoms with Crippen molar-refractivity contribution >= 4 is 11.6 Å². The van der Waals surface area contributed by atoms with Crippen molar-refractivity contribution in [1.29, 1.82) is 0 Å². The summed E-state index contributed by atoms with van der Waals surface area (Å²) in [5.41, 5.74) is 6.81. The number of hydrogen-bond donors (Lipinski definition) is 2. The van der Waals surface area contributed by atoms with Gasteiger partial charge in [0.05, 0.1) is 6.54 Å². The Bertz CT molecular complexity index is 544. The molecule has 0 aliphatic carbocycles. The number of nitrogens with one attached hydrogen (secondary N) is 1. The maximum absolute atomic E-state index is 11.7. The number of hydrogen-bond acceptors (Lipinski definition) is 2. The Labute approximate surface area is 97.6 Å². The fourth-order valence-corrected chi connectivity index (χ4v) is 1.71. The third-order valence-corrected chi connectivity index (χ3v) is 2.79. The van der Waals surface area contributed by atoms with Gasteiger partial charge in [0.2, 0.25) is 0 Å². The molecule has 1 aromatic carbocycles. The van der Waals surface area contributed by atoms with Gasteiger partial charge in [0.15, 0.2) is 0 Å². The van der Waals surface area contributed by atoms with E-state index in [9.17, 15) is 4.79 Å². The minimum absolute atomic E-state index is 0.0950. The second kappa shape index (κ2) is 4.55. The van der Waals surface area contributed by atoms with Gasteiger partial charge < -0.3 is 10.8 Å². The van der Waals surface area contributed by atoms with Crippen LogP contribution in [0.5, 0.6) is 0 Å². The lowest BCUT2D eigenvalue weighted by atomic mass is 10.2. The van der Waals surface area contributed by atoms with Crippen molar-refractivity contribution in [3.63, 3.8) is 0 Å². The van der Waals surface area contributed by atoms with Gasteiger partial charge in [-0.3, -0.25) is 4.79 Å². The standard InChI is InChI=1S/C11H12ClN3O/c12-10-4-2-1-3-8(10)7-15-11(16)9(5-13)6-14-15/h1-4,6,14H,5,7,13H2. The summed E-state index contributed by atoms with van der Waals surface area (Å²) in [6.07, 6.45) is 1.62. The normalized spacial score (nSPS) is 10.6. The molecule has 2 rings (SSSR count). The van der Waals surface area contributed by atoms with E-state index in [4.69, 9.17) is 17.3 Å². The molecule has 84 valence electrons. The molecule has 0 bridgehead atoms. The van der Waals surface area contributed by atoms with Crippen LogP contribution < -0.4 is 11.3 Å². The van der Waals surface area contributed by atoms with Gasteiger partial charge in [0, 0.05) is 23.3 Å². The molecule has 0 spiro atoms. The van der Waals surface area contributed by atoms with Crippen molar-refractivity contribution in [2.45, 2.75) is 13.1 Å². The van der Waals surface area contributed by atoms with Gasteiger partial charge in [-0.05, 0) is 11.6 Å². The van der Waals surface area contributed by atoms with Crippen LogP contribution in [-0.4, -0.2) is 9.78 Å². The second-order valence-corrected chi connectivity index (χ2v) is 3.89. The molecule has 0 fully saturated rings. The lowest BCUT2D eigenvalue weighted by Gasteiger charge is -2.03. The number of nitrogens with two attached hydrogens (primary N) is 1. The van der Waals surface area contributed by atoms with Gasteiger partial charge in [-0.25, -0.2) is 4.68 Å². The predicted octanol–water partition coefficient (Wildman–Crippen LogP) is 1.34. The lowest BCUT2D eigenvalue weighted by molar-refractivity contribution is 0.662. The molecule has 3 N–H and O–H groups in total. The van der Waals surface area contributed by atoms with Crippen molar-refractivity contribution in [1.82, 2.24) is 9.78 Å². The third kappa shape index (κ3) is 2.03. The van der Waals surface area contributed by atoms with Crippen molar-refractivity contribution in [2.24, 2.45) is 5.73 Å². The molecular weight excluding hydrogens is 226 g/mol. The number of benzene rings is 1. The highest BCUT2D eigenvalue weighted by atomic mass is 35.5. The molecule has 0 atom stereocenters. The first-order valence-corrected chi connectivity index (χ1v) is 5.30. The van der Waals surface area contributed by atoms with Crippen LogP contribution in [0.1, 0.15) is 11.1 Å². The van der Waals surface area contributed by atoms with Crippen LogP contribution in [0.4, 0.5) is 0 Å². The molecule has 16 heavy (non-hydrogen) atoms. The molecule has 0 saturated carbocycles. The lowest BCUT2D eigenvalue weighted by Crippen LogP contribution is -2.21. The zero-order valence-corrected chi connectivity index (χ0v) is 9.37. The SMILES string of the molecule is NCc1c[nH]n(Cc2ccccc2Cl)c1=O. The van der Waals surface area contributed by atoms with E-state index in [1.54, 1.807) is 12.3 Å². The zero-order valence-electron chi connectivity index (χ0n) is 8.61. The van der Waals surface area contributed by atoms with Gasteiger partial charge in [0.25, 0.3) is 5.56 Å². The van der Waals surface area contributed by atoms with Crippen LogP contribution in [-0.2, 0) is 13.1 Å². The number of aromatic amines is 1. The van der Waals surface area contributed by atoms with E-state index in [0.29, 0.717) is 17.1 Å². The first-order valence-electron chi connectivity index (χ1n) is 4.93. The summed E-state index contributed by atoms with van der Waals surface area (Å²) < 4.78 is 1.49. The Balaban J connectivity index is 2.31. The summed E-state index contributed by atoms with van der Waals surface area (Å²) in [6.45, 7) is 0.670. The van der Waals surface area contributed by atoms with Gasteiger partial charge in [0.1, 0.15) is 0 Å². The second-order valence-electron chi connectivity index (χ2n) is 3.49. The van der Waals surface area contributed by atoms with E-state index in [1.165, 1.54) is 4.68 Å². The molecule has 2 aromatic rings. The number of rotatable bonds is 3. The van der Waals surface area contributed by atoms with Crippen LogP contribution in [0.3, 0.4) is 0 Å². The van der Waals surface area contributed by atoms with Crippen molar-refractivity contribution in [3.8, 4) is 0 Å². The first-order chi connectivity index (χ1) is 7.72. The molecule has 4 nitrogen and oxygen atoms in total. The molecule has 0 amide bonds. The quantitative estimate of drug-likeness (QED) is 0.846. The maximum Gasteiger partial charge on any atom is 0.271 e. The Morgan fingerprint density at radius 2 is 2.06 bits per heavy atom.